The molecule has 0 aliphatic heterocycles. The number of rotatable bonds is 5. The van der Waals surface area contributed by atoms with Crippen LogP contribution in [0.5, 0.6) is 5.75 Å². The van der Waals surface area contributed by atoms with Crippen molar-refractivity contribution in [3.05, 3.63) is 64.2 Å². The molecule has 0 N–H and O–H groups in total. The first kappa shape index (κ1) is 15.6. The molecular formula is C14H11NO6S. The minimum Gasteiger partial charge on any atom is -0.379 e. The number of nitro benzene ring substituents is 1. The molecule has 0 radical (unpaired) electrons. The fraction of sp³-hybridized carbons (Fsp3) is 0.0714. The monoisotopic (exact) mass is 321 g/mol. The lowest BCUT2D eigenvalue weighted by Crippen LogP contribution is -2.12. The Morgan fingerprint density at radius 1 is 1.09 bits per heavy atom. The average Bonchev–Trinajstić information content (AvgIpc) is 2.47. The standard InChI is InChI=1S/C14H11NO6S/c1-10(16)11-6-8-12(9-7-11)21-22(19,20)14-5-3-2-4-13(14)15(17)18/h2-9H,1H3. The highest BCUT2D eigenvalue weighted by molar-refractivity contribution is 7.87. The van der Waals surface area contributed by atoms with Gasteiger partial charge in [-0.05, 0) is 37.3 Å². The van der Waals surface area contributed by atoms with E-state index >= 15 is 0 Å². The summed E-state index contributed by atoms with van der Waals surface area (Å²) < 4.78 is 29.2. The number of benzene rings is 2. The first-order valence-corrected chi connectivity index (χ1v) is 7.51. The number of hydrogen-bond donors (Lipinski definition) is 0. The van der Waals surface area contributed by atoms with Crippen LogP contribution < -0.4 is 4.18 Å². The SMILES string of the molecule is CC(=O)c1ccc(OS(=O)(=O)c2ccccc2[N+](=O)[O-])cc1. The molecule has 2 aromatic carbocycles. The maximum absolute atomic E-state index is 12.2. The molecule has 0 aliphatic rings. The molecule has 7 nitrogen and oxygen atoms in total. The van der Waals surface area contributed by atoms with Crippen molar-refractivity contribution in [2.75, 3.05) is 0 Å². The van der Waals surface area contributed by atoms with Gasteiger partial charge in [0.15, 0.2) is 10.7 Å². The van der Waals surface area contributed by atoms with Crippen LogP contribution in [-0.2, 0) is 10.1 Å². The number of carbonyl (C=O) groups excluding carboxylic acids is 1. The quantitative estimate of drug-likeness (QED) is 0.363. The summed E-state index contributed by atoms with van der Waals surface area (Å²) in [4.78, 5) is 20.7. The van der Waals surface area contributed by atoms with E-state index in [9.17, 15) is 23.3 Å². The van der Waals surface area contributed by atoms with Gasteiger partial charge in [0.2, 0.25) is 0 Å². The van der Waals surface area contributed by atoms with Gasteiger partial charge in [-0.25, -0.2) is 0 Å². The zero-order valence-corrected chi connectivity index (χ0v) is 12.2. The van der Waals surface area contributed by atoms with Crippen LogP contribution in [-0.4, -0.2) is 19.1 Å². The molecule has 0 heterocycles. The van der Waals surface area contributed by atoms with E-state index in [0.717, 1.165) is 12.1 Å². The van der Waals surface area contributed by atoms with Crippen LogP contribution in [0.3, 0.4) is 0 Å². The highest BCUT2D eigenvalue weighted by Gasteiger charge is 2.27. The molecule has 2 aromatic rings. The second-order valence-electron chi connectivity index (χ2n) is 4.34. The van der Waals surface area contributed by atoms with E-state index < -0.39 is 25.6 Å². The van der Waals surface area contributed by atoms with Gasteiger partial charge in [-0.2, -0.15) is 8.42 Å². The van der Waals surface area contributed by atoms with Crippen molar-refractivity contribution in [1.82, 2.24) is 0 Å². The largest absolute Gasteiger partial charge is 0.379 e. The Morgan fingerprint density at radius 2 is 1.68 bits per heavy atom. The molecule has 0 aromatic heterocycles. The van der Waals surface area contributed by atoms with Crippen LogP contribution in [0.25, 0.3) is 0 Å². The Morgan fingerprint density at radius 3 is 2.23 bits per heavy atom. The maximum atomic E-state index is 12.2. The van der Waals surface area contributed by atoms with Gasteiger partial charge in [0.25, 0.3) is 5.69 Å². The summed E-state index contributed by atoms with van der Waals surface area (Å²) in [7, 11) is -4.35. The van der Waals surface area contributed by atoms with E-state index in [0.29, 0.717) is 5.56 Å². The van der Waals surface area contributed by atoms with E-state index in [4.69, 9.17) is 4.18 Å². The molecule has 0 saturated carbocycles. The zero-order chi connectivity index (χ0) is 16.3. The van der Waals surface area contributed by atoms with Gasteiger partial charge in [-0.15, -0.1) is 0 Å². The number of para-hydroxylation sites is 1. The predicted octanol–water partition coefficient (Wildman–Crippen LogP) is 2.57. The molecule has 0 unspecified atom stereocenters. The van der Waals surface area contributed by atoms with Crippen molar-refractivity contribution in [2.45, 2.75) is 11.8 Å². The van der Waals surface area contributed by atoms with Crippen LogP contribution in [0.4, 0.5) is 5.69 Å². The van der Waals surface area contributed by atoms with Crippen LogP contribution in [0.1, 0.15) is 17.3 Å². The first-order valence-electron chi connectivity index (χ1n) is 6.10. The minimum atomic E-state index is -4.35. The summed E-state index contributed by atoms with van der Waals surface area (Å²) in [5.41, 5.74) is -0.168. The molecule has 114 valence electrons. The van der Waals surface area contributed by atoms with Gasteiger partial charge in [-0.1, -0.05) is 12.1 Å². The lowest BCUT2D eigenvalue weighted by Gasteiger charge is -2.07. The van der Waals surface area contributed by atoms with Gasteiger partial charge < -0.3 is 4.18 Å². The van der Waals surface area contributed by atoms with Crippen molar-refractivity contribution in [2.24, 2.45) is 0 Å². The number of nitrogens with zero attached hydrogens (tertiary/aromatic N) is 1. The summed E-state index contributed by atoms with van der Waals surface area (Å²) in [5, 5.41) is 10.9. The Labute approximate surface area is 126 Å². The van der Waals surface area contributed by atoms with Crippen molar-refractivity contribution in [3.63, 3.8) is 0 Å². The highest BCUT2D eigenvalue weighted by atomic mass is 32.2. The Balaban J connectivity index is 2.36. The van der Waals surface area contributed by atoms with Crippen molar-refractivity contribution < 1.29 is 22.3 Å². The third-order valence-corrected chi connectivity index (χ3v) is 4.09. The summed E-state index contributed by atoms with van der Waals surface area (Å²) in [6.07, 6.45) is 0. The molecular weight excluding hydrogens is 310 g/mol. The van der Waals surface area contributed by atoms with Crippen molar-refractivity contribution in [3.8, 4) is 5.75 Å². The maximum Gasteiger partial charge on any atom is 0.346 e. The summed E-state index contributed by atoms with van der Waals surface area (Å²) in [6, 6.07) is 10.3. The Kier molecular flexibility index (Phi) is 4.22. The normalized spacial score (nSPS) is 11.0. The molecule has 0 aliphatic carbocycles. The predicted molar refractivity (Wildman–Crippen MR) is 77.4 cm³/mol. The van der Waals surface area contributed by atoms with Gasteiger partial charge in [0.1, 0.15) is 5.75 Å². The van der Waals surface area contributed by atoms with Crippen LogP contribution in [0.15, 0.2) is 53.4 Å². The smallest absolute Gasteiger partial charge is 0.346 e. The van der Waals surface area contributed by atoms with E-state index in [1.54, 1.807) is 0 Å². The Bertz CT molecular complexity index is 827. The number of nitro groups is 1. The third-order valence-electron chi connectivity index (χ3n) is 2.80. The lowest BCUT2D eigenvalue weighted by atomic mass is 10.1. The van der Waals surface area contributed by atoms with E-state index in [1.165, 1.54) is 43.3 Å². The highest BCUT2D eigenvalue weighted by Crippen LogP contribution is 2.26. The zero-order valence-electron chi connectivity index (χ0n) is 11.4. The summed E-state index contributed by atoms with van der Waals surface area (Å²) in [5.74, 6) is -0.212. The van der Waals surface area contributed by atoms with E-state index in [-0.39, 0.29) is 11.5 Å². The van der Waals surface area contributed by atoms with Crippen LogP contribution in [0, 0.1) is 10.1 Å². The average molecular weight is 321 g/mol. The van der Waals surface area contributed by atoms with E-state index in [2.05, 4.69) is 0 Å². The fourth-order valence-electron chi connectivity index (χ4n) is 1.74. The van der Waals surface area contributed by atoms with Gasteiger partial charge in [-0.3, -0.25) is 14.9 Å². The van der Waals surface area contributed by atoms with Crippen molar-refractivity contribution in [1.29, 1.82) is 0 Å². The van der Waals surface area contributed by atoms with Gasteiger partial charge >= 0.3 is 10.1 Å². The Hall–Kier alpha value is -2.74. The third kappa shape index (κ3) is 3.29. The summed E-state index contributed by atoms with van der Waals surface area (Å²) in [6.45, 7) is 1.37. The minimum absolute atomic E-state index is 0.0387. The number of ketones is 1. The molecule has 0 spiro atoms. The van der Waals surface area contributed by atoms with Crippen molar-refractivity contribution >= 4 is 21.6 Å². The molecule has 0 fully saturated rings. The second-order valence-corrected chi connectivity index (χ2v) is 5.86. The first-order chi connectivity index (χ1) is 10.3. The lowest BCUT2D eigenvalue weighted by molar-refractivity contribution is -0.387. The summed E-state index contributed by atoms with van der Waals surface area (Å²) >= 11 is 0. The number of Topliss-reactive ketones (excluding diaryl/α,β-unsaturated/α-hetero) is 1. The fourth-order valence-corrected chi connectivity index (χ4v) is 2.83. The van der Waals surface area contributed by atoms with Gasteiger partial charge in [0, 0.05) is 11.6 Å². The van der Waals surface area contributed by atoms with Gasteiger partial charge in [0.05, 0.1) is 4.92 Å². The number of hydrogen-bond acceptors (Lipinski definition) is 6. The van der Waals surface area contributed by atoms with E-state index in [1.807, 2.05) is 0 Å². The topological polar surface area (TPSA) is 104 Å². The molecule has 2 rings (SSSR count). The second kappa shape index (κ2) is 5.94. The molecule has 22 heavy (non-hydrogen) atoms. The number of carbonyl (C=O) groups is 1. The van der Waals surface area contributed by atoms with Crippen LogP contribution >= 0.6 is 0 Å². The van der Waals surface area contributed by atoms with Crippen LogP contribution in [0.2, 0.25) is 0 Å². The molecule has 0 amide bonds. The molecule has 0 bridgehead atoms. The molecule has 8 heteroatoms. The molecule has 0 saturated heterocycles. The molecule has 0 atom stereocenters.